The van der Waals surface area contributed by atoms with Crippen molar-refractivity contribution in [1.82, 2.24) is 15.1 Å². The standard InChI is InChI=1S/C20H40N4O2.HI/c1-4-10-23-11-6-18(7-12-23)17-22-20(21-2)24-13-8-19(9-14-24)26-16-5-15-25-3;/h18-19H,4-17H2,1-3H3,(H,21,22);1H. The molecule has 0 unspecified atom stereocenters. The minimum absolute atomic E-state index is 0. The van der Waals surface area contributed by atoms with Crippen molar-refractivity contribution in [2.45, 2.75) is 51.6 Å². The number of methoxy groups -OCH3 is 1. The third-order valence-electron chi connectivity index (χ3n) is 5.60. The number of halogens is 1. The van der Waals surface area contributed by atoms with Gasteiger partial charge in [0.15, 0.2) is 5.96 Å². The van der Waals surface area contributed by atoms with Gasteiger partial charge in [0, 0.05) is 47.0 Å². The van der Waals surface area contributed by atoms with Crippen LogP contribution in [0.1, 0.15) is 45.4 Å². The van der Waals surface area contributed by atoms with Crippen molar-refractivity contribution in [1.29, 1.82) is 0 Å². The molecule has 0 aromatic heterocycles. The zero-order valence-corrected chi connectivity index (χ0v) is 20.0. The molecule has 1 N–H and O–H groups in total. The molecule has 0 aliphatic carbocycles. The Labute approximate surface area is 183 Å². The van der Waals surface area contributed by atoms with E-state index in [0.29, 0.717) is 6.10 Å². The first kappa shape index (κ1) is 24.9. The van der Waals surface area contributed by atoms with Gasteiger partial charge in [-0.2, -0.15) is 0 Å². The molecule has 0 amide bonds. The second-order valence-electron chi connectivity index (χ2n) is 7.62. The summed E-state index contributed by atoms with van der Waals surface area (Å²) in [5.41, 5.74) is 0. The lowest BCUT2D eigenvalue weighted by Crippen LogP contribution is -2.48. The molecule has 0 aromatic carbocycles. The van der Waals surface area contributed by atoms with Crippen LogP contribution in [0.2, 0.25) is 0 Å². The van der Waals surface area contributed by atoms with Crippen LogP contribution in [0.3, 0.4) is 0 Å². The van der Waals surface area contributed by atoms with E-state index >= 15 is 0 Å². The second-order valence-corrected chi connectivity index (χ2v) is 7.62. The highest BCUT2D eigenvalue weighted by atomic mass is 127. The van der Waals surface area contributed by atoms with Crippen molar-refractivity contribution in [2.24, 2.45) is 10.9 Å². The number of hydrogen-bond donors (Lipinski definition) is 1. The molecular formula is C20H41IN4O2. The molecule has 0 aromatic rings. The lowest BCUT2D eigenvalue weighted by Gasteiger charge is -2.36. The second kappa shape index (κ2) is 14.8. The molecule has 27 heavy (non-hydrogen) atoms. The summed E-state index contributed by atoms with van der Waals surface area (Å²) in [6.45, 7) is 10.7. The fraction of sp³-hybridized carbons (Fsp3) is 0.950. The normalized spacial score (nSPS) is 20.6. The number of nitrogens with zero attached hydrogens (tertiary/aromatic N) is 3. The molecule has 0 saturated carbocycles. The van der Waals surface area contributed by atoms with Crippen molar-refractivity contribution < 1.29 is 9.47 Å². The minimum atomic E-state index is 0. The van der Waals surface area contributed by atoms with Gasteiger partial charge in [-0.3, -0.25) is 4.99 Å². The fourth-order valence-electron chi connectivity index (χ4n) is 3.99. The highest BCUT2D eigenvalue weighted by Gasteiger charge is 2.23. The van der Waals surface area contributed by atoms with Crippen molar-refractivity contribution >= 4 is 29.9 Å². The maximum absolute atomic E-state index is 5.96. The van der Waals surface area contributed by atoms with E-state index in [1.54, 1.807) is 7.11 Å². The van der Waals surface area contributed by atoms with E-state index in [-0.39, 0.29) is 24.0 Å². The predicted octanol–water partition coefficient (Wildman–Crippen LogP) is 2.82. The highest BCUT2D eigenvalue weighted by molar-refractivity contribution is 14.0. The summed E-state index contributed by atoms with van der Waals surface area (Å²) in [6, 6.07) is 0. The molecule has 2 rings (SSSR count). The Morgan fingerprint density at radius 1 is 1.07 bits per heavy atom. The lowest BCUT2D eigenvalue weighted by atomic mass is 9.97. The van der Waals surface area contributed by atoms with E-state index in [9.17, 15) is 0 Å². The molecule has 0 bridgehead atoms. The van der Waals surface area contributed by atoms with Gasteiger partial charge in [0.1, 0.15) is 0 Å². The van der Waals surface area contributed by atoms with Crippen LogP contribution in [-0.2, 0) is 9.47 Å². The summed E-state index contributed by atoms with van der Waals surface area (Å²) in [5.74, 6) is 1.85. The van der Waals surface area contributed by atoms with Gasteiger partial charge < -0.3 is 24.6 Å². The molecule has 2 aliphatic heterocycles. The monoisotopic (exact) mass is 496 g/mol. The molecule has 0 atom stereocenters. The third kappa shape index (κ3) is 9.28. The Morgan fingerprint density at radius 2 is 1.78 bits per heavy atom. The van der Waals surface area contributed by atoms with Crippen LogP contribution >= 0.6 is 24.0 Å². The Hall–Kier alpha value is -0.120. The minimum Gasteiger partial charge on any atom is -0.385 e. The van der Waals surface area contributed by atoms with Crippen molar-refractivity contribution in [3.8, 4) is 0 Å². The van der Waals surface area contributed by atoms with Gasteiger partial charge in [-0.05, 0) is 64.1 Å². The van der Waals surface area contributed by atoms with Crippen LogP contribution in [0.25, 0.3) is 0 Å². The molecule has 2 heterocycles. The van der Waals surface area contributed by atoms with Crippen LogP contribution in [0.15, 0.2) is 4.99 Å². The van der Waals surface area contributed by atoms with Crippen LogP contribution in [0.4, 0.5) is 0 Å². The zero-order chi connectivity index (χ0) is 18.6. The number of guanidine groups is 1. The predicted molar refractivity (Wildman–Crippen MR) is 123 cm³/mol. The van der Waals surface area contributed by atoms with Crippen molar-refractivity contribution in [3.63, 3.8) is 0 Å². The summed E-state index contributed by atoms with van der Waals surface area (Å²) in [7, 11) is 3.64. The Kier molecular flexibility index (Phi) is 13.7. The molecule has 2 aliphatic rings. The third-order valence-corrected chi connectivity index (χ3v) is 5.60. The van der Waals surface area contributed by atoms with Crippen LogP contribution < -0.4 is 5.32 Å². The quantitative estimate of drug-likeness (QED) is 0.230. The molecule has 0 spiro atoms. The number of hydrogen-bond acceptors (Lipinski definition) is 4. The van der Waals surface area contributed by atoms with Gasteiger partial charge >= 0.3 is 0 Å². The SMILES string of the molecule is CCCN1CCC(CNC(=NC)N2CCC(OCCCOC)CC2)CC1.I. The average molecular weight is 496 g/mol. The van der Waals surface area contributed by atoms with E-state index in [1.165, 1.54) is 38.9 Å². The largest absolute Gasteiger partial charge is 0.385 e. The van der Waals surface area contributed by atoms with Crippen LogP contribution in [0, 0.1) is 5.92 Å². The molecule has 2 fully saturated rings. The number of nitrogens with one attached hydrogen (secondary N) is 1. The van der Waals surface area contributed by atoms with Gasteiger partial charge in [-0.25, -0.2) is 0 Å². The molecular weight excluding hydrogens is 455 g/mol. The topological polar surface area (TPSA) is 49.3 Å². The van der Waals surface area contributed by atoms with E-state index in [1.807, 2.05) is 7.05 Å². The van der Waals surface area contributed by atoms with E-state index in [0.717, 1.165) is 64.0 Å². The van der Waals surface area contributed by atoms with E-state index in [2.05, 4.69) is 27.0 Å². The Morgan fingerprint density at radius 3 is 2.37 bits per heavy atom. The zero-order valence-electron chi connectivity index (χ0n) is 17.6. The number of ether oxygens (including phenoxy) is 2. The molecule has 0 radical (unpaired) electrons. The van der Waals surface area contributed by atoms with Gasteiger partial charge in [-0.15, -0.1) is 24.0 Å². The summed E-state index contributed by atoms with van der Waals surface area (Å²) in [4.78, 5) is 9.51. The molecule has 7 heteroatoms. The first-order chi connectivity index (χ1) is 12.8. The van der Waals surface area contributed by atoms with E-state index in [4.69, 9.17) is 9.47 Å². The van der Waals surface area contributed by atoms with Gasteiger partial charge in [-0.1, -0.05) is 6.92 Å². The maximum Gasteiger partial charge on any atom is 0.193 e. The van der Waals surface area contributed by atoms with Gasteiger partial charge in [0.25, 0.3) is 0 Å². The van der Waals surface area contributed by atoms with Crippen molar-refractivity contribution in [3.05, 3.63) is 0 Å². The lowest BCUT2D eigenvalue weighted by molar-refractivity contribution is 0.00986. The number of rotatable bonds is 9. The molecule has 6 nitrogen and oxygen atoms in total. The van der Waals surface area contributed by atoms with Crippen LogP contribution in [0.5, 0.6) is 0 Å². The Balaban J connectivity index is 0.00000364. The van der Waals surface area contributed by atoms with Gasteiger partial charge in [0.05, 0.1) is 6.10 Å². The van der Waals surface area contributed by atoms with Crippen molar-refractivity contribution in [2.75, 3.05) is 66.6 Å². The smallest absolute Gasteiger partial charge is 0.193 e. The first-order valence-electron chi connectivity index (χ1n) is 10.5. The summed E-state index contributed by atoms with van der Waals surface area (Å²) >= 11 is 0. The number of piperidine rings is 2. The Bertz CT molecular complexity index is 395. The summed E-state index contributed by atoms with van der Waals surface area (Å²) in [5, 5.41) is 3.63. The first-order valence-corrected chi connectivity index (χ1v) is 10.5. The maximum atomic E-state index is 5.96. The molecule has 160 valence electrons. The van der Waals surface area contributed by atoms with E-state index < -0.39 is 0 Å². The molecule has 2 saturated heterocycles. The highest BCUT2D eigenvalue weighted by Crippen LogP contribution is 2.17. The van der Waals surface area contributed by atoms with Gasteiger partial charge in [0.2, 0.25) is 0 Å². The number of aliphatic imine (C=N–C) groups is 1. The number of likely N-dealkylation sites (tertiary alicyclic amines) is 2. The average Bonchev–Trinajstić information content (AvgIpc) is 2.68. The van der Waals surface area contributed by atoms with Crippen LogP contribution in [-0.4, -0.2) is 88.5 Å². The summed E-state index contributed by atoms with van der Waals surface area (Å²) in [6.07, 6.45) is 7.43. The summed E-state index contributed by atoms with van der Waals surface area (Å²) < 4.78 is 11.0. The fourth-order valence-corrected chi connectivity index (χ4v) is 3.99.